The summed E-state index contributed by atoms with van der Waals surface area (Å²) in [7, 11) is 0. The molecule has 0 bridgehead atoms. The summed E-state index contributed by atoms with van der Waals surface area (Å²) in [5, 5.41) is 8.59. The largest absolute Gasteiger partial charge is 0.491 e. The van der Waals surface area contributed by atoms with Crippen molar-refractivity contribution in [1.29, 1.82) is 0 Å². The van der Waals surface area contributed by atoms with E-state index in [1.54, 1.807) is 30.3 Å². The summed E-state index contributed by atoms with van der Waals surface area (Å²) in [6, 6.07) is 6.92. The number of piperidine rings is 1. The average Bonchev–Trinajstić information content (AvgIpc) is 3.45. The molecule has 3 heterocycles. The van der Waals surface area contributed by atoms with Gasteiger partial charge in [0.1, 0.15) is 12.4 Å². The second-order valence-electron chi connectivity index (χ2n) is 9.90. The Hall–Kier alpha value is -3.40. The normalized spacial score (nSPS) is 22.7. The third-order valence-electron chi connectivity index (χ3n) is 7.38. The Bertz CT molecular complexity index is 1010. The van der Waals surface area contributed by atoms with E-state index in [4.69, 9.17) is 4.74 Å². The molecule has 3 aliphatic heterocycles. The molecule has 10 heteroatoms. The second-order valence-corrected chi connectivity index (χ2v) is 9.90. The number of amides is 4. The maximum Gasteiger partial charge on any atom is 0.255 e. The van der Waals surface area contributed by atoms with Gasteiger partial charge < -0.3 is 25.6 Å². The van der Waals surface area contributed by atoms with Crippen LogP contribution in [0.5, 0.6) is 5.75 Å². The predicted molar refractivity (Wildman–Crippen MR) is 138 cm³/mol. The highest BCUT2D eigenvalue weighted by Crippen LogP contribution is 2.36. The minimum atomic E-state index is -0.669. The lowest BCUT2D eigenvalue weighted by atomic mass is 9.74. The van der Waals surface area contributed by atoms with Gasteiger partial charge >= 0.3 is 0 Å². The lowest BCUT2D eigenvalue weighted by Crippen LogP contribution is -2.51. The molecular formula is C27H37N5O5. The average molecular weight is 512 g/mol. The first-order chi connectivity index (χ1) is 18.0. The maximum atomic E-state index is 13.4. The summed E-state index contributed by atoms with van der Waals surface area (Å²) >= 11 is 0. The van der Waals surface area contributed by atoms with Gasteiger partial charge in [0.15, 0.2) is 0 Å². The molecule has 4 amide bonds. The highest BCUT2D eigenvalue weighted by molar-refractivity contribution is 5.97. The van der Waals surface area contributed by atoms with Crippen molar-refractivity contribution in [3.05, 3.63) is 42.0 Å². The smallest absolute Gasteiger partial charge is 0.255 e. The second kappa shape index (κ2) is 12.7. The van der Waals surface area contributed by atoms with Gasteiger partial charge in [-0.2, -0.15) is 0 Å². The fraction of sp³-hybridized carbons (Fsp3) is 0.556. The summed E-state index contributed by atoms with van der Waals surface area (Å²) in [5.74, 6) is -0.0455. The molecule has 4 rings (SSSR count). The van der Waals surface area contributed by atoms with Crippen LogP contribution in [0, 0.1) is 5.41 Å². The Kier molecular flexibility index (Phi) is 9.16. The number of rotatable bonds is 2. The summed E-state index contributed by atoms with van der Waals surface area (Å²) < 4.78 is 5.71. The zero-order valence-corrected chi connectivity index (χ0v) is 21.3. The third-order valence-corrected chi connectivity index (χ3v) is 7.38. The van der Waals surface area contributed by atoms with Crippen LogP contribution in [0.2, 0.25) is 0 Å². The number of benzene rings is 1. The lowest BCUT2D eigenvalue weighted by Gasteiger charge is -2.40. The van der Waals surface area contributed by atoms with Gasteiger partial charge in [-0.3, -0.25) is 24.1 Å². The zero-order valence-electron chi connectivity index (χ0n) is 21.3. The van der Waals surface area contributed by atoms with Crippen molar-refractivity contribution in [3.63, 3.8) is 0 Å². The number of ether oxygens (including phenoxy) is 1. The number of fused-ring (bicyclic) bond motifs is 1. The topological polar surface area (TPSA) is 120 Å². The number of hydrogen-bond donors (Lipinski definition) is 3. The van der Waals surface area contributed by atoms with E-state index < -0.39 is 5.41 Å². The van der Waals surface area contributed by atoms with Crippen LogP contribution >= 0.6 is 0 Å². The standard InChI is InChI=1S/C27H37N5O5/c33-23-8-5-9-27(10-17-31(18-11-27)20-24(34)32-15-3-4-16-32)26(36)30-13-12-29-25(35)21-6-1-2-7-22(21)37-19-14-28-23/h1-2,5-8H,3-4,9-20H2,(H,28,33)(H,29,35)(H,30,36)/b8-5+. The molecule has 0 aliphatic carbocycles. The number of para-hydroxylation sites is 1. The quantitative estimate of drug-likeness (QED) is 0.538. The van der Waals surface area contributed by atoms with Crippen LogP contribution in [0.1, 0.15) is 42.5 Å². The molecule has 200 valence electrons. The molecule has 2 fully saturated rings. The fourth-order valence-corrected chi connectivity index (χ4v) is 5.12. The van der Waals surface area contributed by atoms with E-state index >= 15 is 0 Å². The van der Waals surface area contributed by atoms with Crippen LogP contribution in [-0.4, -0.2) is 92.4 Å². The molecule has 1 spiro atoms. The summed E-state index contributed by atoms with van der Waals surface area (Å²) in [5.41, 5.74) is -0.269. The van der Waals surface area contributed by atoms with E-state index in [-0.39, 0.29) is 49.9 Å². The van der Waals surface area contributed by atoms with E-state index in [1.807, 2.05) is 4.90 Å². The van der Waals surface area contributed by atoms with Crippen molar-refractivity contribution >= 4 is 23.6 Å². The molecule has 0 aromatic heterocycles. The Labute approximate surface area is 217 Å². The van der Waals surface area contributed by atoms with Gasteiger partial charge in [-0.05, 0) is 63.4 Å². The van der Waals surface area contributed by atoms with Crippen LogP contribution in [0.25, 0.3) is 0 Å². The molecule has 0 atom stereocenters. The number of likely N-dealkylation sites (tertiary alicyclic amines) is 2. The number of allylic oxidation sites excluding steroid dienone is 1. The summed E-state index contributed by atoms with van der Waals surface area (Å²) in [6.45, 7) is 4.39. The molecule has 37 heavy (non-hydrogen) atoms. The molecule has 3 aliphatic rings. The Balaban J connectivity index is 1.40. The molecule has 1 aromatic rings. The molecule has 3 N–H and O–H groups in total. The minimum Gasteiger partial charge on any atom is -0.491 e. The van der Waals surface area contributed by atoms with Gasteiger partial charge in [0.2, 0.25) is 17.7 Å². The van der Waals surface area contributed by atoms with Gasteiger partial charge in [-0.25, -0.2) is 0 Å². The molecule has 1 aromatic carbocycles. The number of carbonyl (C=O) groups is 4. The van der Waals surface area contributed by atoms with Crippen molar-refractivity contribution in [2.75, 3.05) is 59.0 Å². The lowest BCUT2D eigenvalue weighted by molar-refractivity contribution is -0.135. The van der Waals surface area contributed by atoms with Crippen molar-refractivity contribution < 1.29 is 23.9 Å². The van der Waals surface area contributed by atoms with Crippen LogP contribution < -0.4 is 20.7 Å². The van der Waals surface area contributed by atoms with E-state index in [0.717, 1.165) is 25.9 Å². The molecule has 0 unspecified atom stereocenters. The SMILES string of the molecule is O=C1/C=C/CC2(CCN(CC(=O)N3CCCC3)CC2)C(=O)NCCNC(=O)c2ccccc2OCCN1. The zero-order chi connectivity index (χ0) is 26.1. The van der Waals surface area contributed by atoms with E-state index in [1.165, 1.54) is 6.08 Å². The third kappa shape index (κ3) is 7.09. The van der Waals surface area contributed by atoms with Gasteiger partial charge in [0.25, 0.3) is 5.91 Å². The van der Waals surface area contributed by atoms with Crippen LogP contribution in [0.3, 0.4) is 0 Å². The fourth-order valence-electron chi connectivity index (χ4n) is 5.12. The van der Waals surface area contributed by atoms with Gasteiger partial charge in [0.05, 0.1) is 24.1 Å². The Morgan fingerprint density at radius 2 is 1.65 bits per heavy atom. The molecule has 2 saturated heterocycles. The first-order valence-corrected chi connectivity index (χ1v) is 13.2. The first-order valence-electron chi connectivity index (χ1n) is 13.2. The number of hydrogen-bond acceptors (Lipinski definition) is 6. The minimum absolute atomic E-state index is 0.0922. The van der Waals surface area contributed by atoms with Crippen molar-refractivity contribution in [3.8, 4) is 5.75 Å². The Morgan fingerprint density at radius 3 is 2.43 bits per heavy atom. The van der Waals surface area contributed by atoms with Crippen molar-refractivity contribution in [1.82, 2.24) is 25.8 Å². The Morgan fingerprint density at radius 1 is 0.919 bits per heavy atom. The number of nitrogens with one attached hydrogen (secondary N) is 3. The predicted octanol–water partition coefficient (Wildman–Crippen LogP) is 0.692. The van der Waals surface area contributed by atoms with Crippen LogP contribution in [0.15, 0.2) is 36.4 Å². The summed E-state index contributed by atoms with van der Waals surface area (Å²) in [6.07, 6.45) is 6.96. The number of carbonyl (C=O) groups excluding carboxylic acids is 4. The molecule has 0 saturated carbocycles. The van der Waals surface area contributed by atoms with Crippen LogP contribution in [0.4, 0.5) is 0 Å². The molecule has 0 radical (unpaired) electrons. The molecular weight excluding hydrogens is 474 g/mol. The van der Waals surface area contributed by atoms with E-state index in [2.05, 4.69) is 20.9 Å². The van der Waals surface area contributed by atoms with Crippen LogP contribution in [-0.2, 0) is 14.4 Å². The highest BCUT2D eigenvalue weighted by atomic mass is 16.5. The van der Waals surface area contributed by atoms with E-state index in [9.17, 15) is 19.2 Å². The maximum absolute atomic E-state index is 13.4. The van der Waals surface area contributed by atoms with Gasteiger partial charge in [-0.1, -0.05) is 18.2 Å². The van der Waals surface area contributed by atoms with Gasteiger partial charge in [-0.15, -0.1) is 0 Å². The highest BCUT2D eigenvalue weighted by Gasteiger charge is 2.40. The number of nitrogens with zero attached hydrogens (tertiary/aromatic N) is 2. The monoisotopic (exact) mass is 511 g/mol. The first kappa shape index (κ1) is 26.7. The van der Waals surface area contributed by atoms with Crippen molar-refractivity contribution in [2.24, 2.45) is 5.41 Å². The van der Waals surface area contributed by atoms with E-state index in [0.29, 0.717) is 50.2 Å². The molecule has 10 nitrogen and oxygen atoms in total. The van der Waals surface area contributed by atoms with Gasteiger partial charge in [0, 0.05) is 26.2 Å². The van der Waals surface area contributed by atoms with Crippen molar-refractivity contribution in [2.45, 2.75) is 32.1 Å². The summed E-state index contributed by atoms with van der Waals surface area (Å²) in [4.78, 5) is 55.0.